The van der Waals surface area contributed by atoms with Crippen molar-refractivity contribution in [2.24, 2.45) is 0 Å². The molecule has 0 unspecified atom stereocenters. The number of benzene rings is 3. The first-order valence-corrected chi connectivity index (χ1v) is 10.8. The van der Waals surface area contributed by atoms with Gasteiger partial charge in [0.1, 0.15) is 18.0 Å². The molecule has 0 aliphatic heterocycles. The first-order valence-electron chi connectivity index (χ1n) is 10.4. The molecule has 1 heterocycles. The summed E-state index contributed by atoms with van der Waals surface area (Å²) in [5.41, 5.74) is 1.96. The molecule has 0 aliphatic carbocycles. The summed E-state index contributed by atoms with van der Waals surface area (Å²) in [6.07, 6.45) is 0. The first-order chi connectivity index (χ1) is 17.0. The van der Waals surface area contributed by atoms with Gasteiger partial charge >= 0.3 is 0 Å². The number of ether oxygens (including phenoxy) is 2. The van der Waals surface area contributed by atoms with E-state index in [-0.39, 0.29) is 12.5 Å². The van der Waals surface area contributed by atoms with Crippen molar-refractivity contribution < 1.29 is 19.1 Å². The number of anilines is 2. The predicted molar refractivity (Wildman–Crippen MR) is 131 cm³/mol. The van der Waals surface area contributed by atoms with Gasteiger partial charge in [0, 0.05) is 28.3 Å². The Kier molecular flexibility index (Phi) is 7.22. The van der Waals surface area contributed by atoms with Crippen LogP contribution in [0.2, 0.25) is 5.02 Å². The van der Waals surface area contributed by atoms with Crippen LogP contribution in [0.3, 0.4) is 0 Å². The Labute approximate surface area is 205 Å². The van der Waals surface area contributed by atoms with Gasteiger partial charge in [-0.05, 0) is 41.6 Å². The van der Waals surface area contributed by atoms with Gasteiger partial charge in [-0.2, -0.15) is 4.80 Å². The van der Waals surface area contributed by atoms with Crippen LogP contribution in [0, 0.1) is 0 Å². The van der Waals surface area contributed by atoms with Crippen molar-refractivity contribution in [2.75, 3.05) is 24.9 Å². The van der Waals surface area contributed by atoms with Crippen molar-refractivity contribution in [3.8, 4) is 22.9 Å². The molecule has 2 N–H and O–H groups in total. The van der Waals surface area contributed by atoms with Crippen LogP contribution in [0.4, 0.5) is 11.4 Å². The number of nitrogens with one attached hydrogen (secondary N) is 2. The normalized spacial score (nSPS) is 10.5. The molecule has 11 heteroatoms. The van der Waals surface area contributed by atoms with E-state index in [0.29, 0.717) is 39.3 Å². The highest BCUT2D eigenvalue weighted by Gasteiger charge is 2.17. The monoisotopic (exact) mass is 492 g/mol. The van der Waals surface area contributed by atoms with Crippen LogP contribution in [0.5, 0.6) is 11.5 Å². The zero-order valence-electron chi connectivity index (χ0n) is 18.9. The molecule has 0 saturated heterocycles. The number of rotatable bonds is 8. The lowest BCUT2D eigenvalue weighted by atomic mass is 10.2. The number of carbonyl (C=O) groups excluding carboxylic acids is 2. The molecule has 1 aromatic heterocycles. The highest BCUT2D eigenvalue weighted by Crippen LogP contribution is 2.36. The van der Waals surface area contributed by atoms with Crippen LogP contribution >= 0.6 is 11.6 Å². The van der Waals surface area contributed by atoms with E-state index in [0.717, 1.165) is 5.56 Å². The number of amides is 2. The molecule has 178 valence electrons. The molecule has 10 nitrogen and oxygen atoms in total. The van der Waals surface area contributed by atoms with E-state index < -0.39 is 5.91 Å². The summed E-state index contributed by atoms with van der Waals surface area (Å²) in [5, 5.41) is 18.3. The number of methoxy groups -OCH3 is 2. The smallest absolute Gasteiger partial charge is 0.255 e. The minimum Gasteiger partial charge on any atom is -0.494 e. The minimum absolute atomic E-state index is 0.182. The molecule has 4 aromatic rings. The third-order valence-corrected chi connectivity index (χ3v) is 5.17. The summed E-state index contributed by atoms with van der Waals surface area (Å²) >= 11 is 5.90. The van der Waals surface area contributed by atoms with Crippen LogP contribution < -0.4 is 20.1 Å². The molecule has 0 radical (unpaired) electrons. The molecule has 0 fully saturated rings. The number of hydrogen-bond donors (Lipinski definition) is 2. The zero-order chi connectivity index (χ0) is 24.8. The van der Waals surface area contributed by atoms with Crippen molar-refractivity contribution in [2.45, 2.75) is 6.54 Å². The molecule has 0 spiro atoms. The second-order valence-corrected chi connectivity index (χ2v) is 7.71. The van der Waals surface area contributed by atoms with E-state index >= 15 is 0 Å². The van der Waals surface area contributed by atoms with E-state index in [1.807, 2.05) is 6.07 Å². The predicted octanol–water partition coefficient (Wildman–Crippen LogP) is 3.90. The summed E-state index contributed by atoms with van der Waals surface area (Å²) in [5.74, 6) is 0.320. The van der Waals surface area contributed by atoms with E-state index in [1.165, 1.54) is 19.0 Å². The molecule has 3 aromatic carbocycles. The fourth-order valence-corrected chi connectivity index (χ4v) is 3.35. The van der Waals surface area contributed by atoms with Crippen LogP contribution in [0.15, 0.2) is 66.7 Å². The van der Waals surface area contributed by atoms with Gasteiger partial charge in [-0.25, -0.2) is 0 Å². The number of nitrogens with zero attached hydrogens (tertiary/aromatic N) is 4. The molecule has 0 atom stereocenters. The maximum absolute atomic E-state index is 12.7. The quantitative estimate of drug-likeness (QED) is 0.382. The van der Waals surface area contributed by atoms with Gasteiger partial charge in [0.2, 0.25) is 11.7 Å². The van der Waals surface area contributed by atoms with Crippen LogP contribution in [-0.2, 0) is 11.3 Å². The average molecular weight is 493 g/mol. The zero-order valence-corrected chi connectivity index (χ0v) is 19.6. The molecular weight excluding hydrogens is 472 g/mol. The average Bonchev–Trinajstić information content (AvgIpc) is 3.33. The third kappa shape index (κ3) is 5.74. The summed E-state index contributed by atoms with van der Waals surface area (Å²) < 4.78 is 10.8. The second kappa shape index (κ2) is 10.7. The van der Waals surface area contributed by atoms with E-state index in [1.54, 1.807) is 60.7 Å². The molecule has 4 rings (SSSR count). The molecule has 0 saturated carbocycles. The molecule has 35 heavy (non-hydrogen) atoms. The van der Waals surface area contributed by atoms with Gasteiger partial charge in [-0.1, -0.05) is 29.8 Å². The van der Waals surface area contributed by atoms with Crippen molar-refractivity contribution in [1.82, 2.24) is 20.2 Å². The summed E-state index contributed by atoms with van der Waals surface area (Å²) in [4.78, 5) is 26.4. The Bertz CT molecular complexity index is 1340. The number of tetrazole rings is 1. The van der Waals surface area contributed by atoms with E-state index in [2.05, 4.69) is 26.0 Å². The lowest BCUT2D eigenvalue weighted by Crippen LogP contribution is -2.21. The van der Waals surface area contributed by atoms with E-state index in [4.69, 9.17) is 21.1 Å². The van der Waals surface area contributed by atoms with Crippen molar-refractivity contribution in [3.05, 3.63) is 77.3 Å². The number of carbonyl (C=O) groups is 2. The first kappa shape index (κ1) is 23.7. The lowest BCUT2D eigenvalue weighted by Gasteiger charge is -2.16. The number of hydrogen-bond acceptors (Lipinski definition) is 7. The van der Waals surface area contributed by atoms with Gasteiger partial charge < -0.3 is 20.1 Å². The van der Waals surface area contributed by atoms with Gasteiger partial charge in [0.05, 0.1) is 25.6 Å². The molecular formula is C24H21ClN6O4. The number of aromatic nitrogens is 4. The standard InChI is InChI=1S/C24H21ClN6O4/c1-34-20-13-19(27-24(33)16-6-4-3-5-7-16)21(35-2)12-18(20)26-22(32)14-31-29-23(28-30-31)15-8-10-17(25)11-9-15/h3-13H,14H2,1-2H3,(H,26,32)(H,27,33). The Morgan fingerprint density at radius 2 is 1.54 bits per heavy atom. The SMILES string of the molecule is COc1cc(NC(=O)c2ccccc2)c(OC)cc1NC(=O)Cn1nnc(-c2ccc(Cl)cc2)n1. The van der Waals surface area contributed by atoms with Gasteiger partial charge in [-0.3, -0.25) is 9.59 Å². The fraction of sp³-hybridized carbons (Fsp3) is 0.125. The third-order valence-electron chi connectivity index (χ3n) is 4.92. The highest BCUT2D eigenvalue weighted by molar-refractivity contribution is 6.30. The summed E-state index contributed by atoms with van der Waals surface area (Å²) in [6, 6.07) is 18.9. The Morgan fingerprint density at radius 3 is 2.17 bits per heavy atom. The maximum atomic E-state index is 12.7. The summed E-state index contributed by atoms with van der Waals surface area (Å²) in [7, 11) is 2.92. The fourth-order valence-electron chi connectivity index (χ4n) is 3.22. The maximum Gasteiger partial charge on any atom is 0.255 e. The molecule has 2 amide bonds. The van der Waals surface area contributed by atoms with Gasteiger partial charge in [0.25, 0.3) is 5.91 Å². The van der Waals surface area contributed by atoms with Gasteiger partial charge in [-0.15, -0.1) is 10.2 Å². The van der Waals surface area contributed by atoms with Crippen LogP contribution in [0.1, 0.15) is 10.4 Å². The van der Waals surface area contributed by atoms with Gasteiger partial charge in [0.15, 0.2) is 0 Å². The Balaban J connectivity index is 1.48. The molecule has 0 aliphatic rings. The van der Waals surface area contributed by atoms with Crippen LogP contribution in [-0.4, -0.2) is 46.2 Å². The van der Waals surface area contributed by atoms with Crippen LogP contribution in [0.25, 0.3) is 11.4 Å². The molecule has 0 bridgehead atoms. The Morgan fingerprint density at radius 1 is 0.914 bits per heavy atom. The second-order valence-electron chi connectivity index (χ2n) is 7.27. The number of halogens is 1. The highest BCUT2D eigenvalue weighted by atomic mass is 35.5. The summed E-state index contributed by atoms with van der Waals surface area (Å²) in [6.45, 7) is -0.182. The topological polar surface area (TPSA) is 120 Å². The lowest BCUT2D eigenvalue weighted by molar-refractivity contribution is -0.117. The largest absolute Gasteiger partial charge is 0.494 e. The van der Waals surface area contributed by atoms with Crippen molar-refractivity contribution in [1.29, 1.82) is 0 Å². The van der Waals surface area contributed by atoms with E-state index in [9.17, 15) is 9.59 Å². The minimum atomic E-state index is -0.411. The Hall–Kier alpha value is -4.44. The van der Waals surface area contributed by atoms with Crippen molar-refractivity contribution >= 4 is 34.8 Å². The van der Waals surface area contributed by atoms with Crippen molar-refractivity contribution in [3.63, 3.8) is 0 Å².